The number of hydrogen-bond donors (Lipinski definition) is 0. The maximum absolute atomic E-state index is 12.4. The van der Waals surface area contributed by atoms with Crippen molar-refractivity contribution in [3.63, 3.8) is 0 Å². The minimum atomic E-state index is -3.43. The smallest absolute Gasteiger partial charge is 0.324 e. The van der Waals surface area contributed by atoms with Gasteiger partial charge in [0.25, 0.3) is 0 Å². The molecule has 10 heteroatoms. The van der Waals surface area contributed by atoms with Gasteiger partial charge in [-0.3, -0.25) is 4.79 Å². The molecule has 0 bridgehead atoms. The number of benzene rings is 1. The van der Waals surface area contributed by atoms with Crippen molar-refractivity contribution in [2.24, 2.45) is 0 Å². The summed E-state index contributed by atoms with van der Waals surface area (Å²) in [4.78, 5) is 16.9. The van der Waals surface area contributed by atoms with Gasteiger partial charge < -0.3 is 14.2 Å². The lowest BCUT2D eigenvalue weighted by Crippen LogP contribution is -2.40. The number of carbonyl (C=O) groups excluding carboxylic acids is 1. The van der Waals surface area contributed by atoms with Gasteiger partial charge in [-0.15, -0.1) is 11.3 Å². The summed E-state index contributed by atoms with van der Waals surface area (Å²) < 4.78 is 41.0. The Labute approximate surface area is 174 Å². The highest BCUT2D eigenvalue weighted by Gasteiger charge is 2.37. The zero-order chi connectivity index (χ0) is 21.0. The van der Waals surface area contributed by atoms with Gasteiger partial charge >= 0.3 is 5.97 Å². The normalized spacial score (nSPS) is 17.3. The van der Waals surface area contributed by atoms with E-state index in [4.69, 9.17) is 14.2 Å². The van der Waals surface area contributed by atoms with Gasteiger partial charge in [0.2, 0.25) is 10.0 Å². The number of sulfonamides is 1. The fraction of sp³-hybridized carbons (Fsp3) is 0.474. The molecule has 1 aromatic heterocycles. The number of ether oxygens (including phenoxy) is 3. The molecule has 1 aliphatic rings. The largest absolute Gasteiger partial charge is 0.493 e. The molecule has 0 spiro atoms. The summed E-state index contributed by atoms with van der Waals surface area (Å²) in [6.07, 6.45) is 2.23. The average molecular weight is 441 g/mol. The summed E-state index contributed by atoms with van der Waals surface area (Å²) in [6, 6.07) is 4.82. The molecule has 2 heterocycles. The van der Waals surface area contributed by atoms with Crippen LogP contribution in [0.5, 0.6) is 11.5 Å². The monoisotopic (exact) mass is 440 g/mol. The highest BCUT2D eigenvalue weighted by molar-refractivity contribution is 7.88. The summed E-state index contributed by atoms with van der Waals surface area (Å²) in [5.41, 5.74) is 1.47. The molecule has 0 N–H and O–H groups in total. The van der Waals surface area contributed by atoms with E-state index in [0.29, 0.717) is 43.2 Å². The van der Waals surface area contributed by atoms with Gasteiger partial charge in [0.15, 0.2) is 11.5 Å². The van der Waals surface area contributed by atoms with Crippen LogP contribution < -0.4 is 9.47 Å². The van der Waals surface area contributed by atoms with Gasteiger partial charge in [0.05, 0.1) is 25.7 Å². The van der Waals surface area contributed by atoms with E-state index >= 15 is 0 Å². The van der Waals surface area contributed by atoms with Crippen molar-refractivity contribution in [1.82, 2.24) is 9.29 Å². The van der Waals surface area contributed by atoms with Crippen LogP contribution in [0.25, 0.3) is 10.6 Å². The molecule has 1 atom stereocenters. The third kappa shape index (κ3) is 5.06. The van der Waals surface area contributed by atoms with Crippen LogP contribution in [0.4, 0.5) is 0 Å². The van der Waals surface area contributed by atoms with E-state index in [2.05, 4.69) is 4.98 Å². The predicted octanol–water partition coefficient (Wildman–Crippen LogP) is 2.68. The molecule has 8 nitrogen and oxygen atoms in total. The Morgan fingerprint density at radius 1 is 1.34 bits per heavy atom. The summed E-state index contributed by atoms with van der Waals surface area (Å²) >= 11 is 1.42. The number of esters is 1. The average Bonchev–Trinajstić information content (AvgIpc) is 3.36. The Morgan fingerprint density at radius 2 is 2.14 bits per heavy atom. The highest BCUT2D eigenvalue weighted by Crippen LogP contribution is 2.34. The first-order chi connectivity index (χ1) is 13.8. The minimum absolute atomic E-state index is 0.00238. The van der Waals surface area contributed by atoms with Gasteiger partial charge in [0, 0.05) is 17.5 Å². The van der Waals surface area contributed by atoms with Crippen LogP contribution in [0, 0.1) is 0 Å². The summed E-state index contributed by atoms with van der Waals surface area (Å²) in [5.74, 6) is 0.747. The highest BCUT2D eigenvalue weighted by atomic mass is 32.2. The lowest BCUT2D eigenvalue weighted by molar-refractivity contribution is -0.148. The number of aromatic nitrogens is 1. The molecule has 1 aromatic carbocycles. The molecule has 0 radical (unpaired) electrons. The zero-order valence-corrected chi connectivity index (χ0v) is 18.2. The topological polar surface area (TPSA) is 95.0 Å². The molecule has 1 aliphatic heterocycles. The molecular formula is C19H24N2O6S2. The third-order valence-corrected chi connectivity index (χ3v) is 6.76. The minimum Gasteiger partial charge on any atom is -0.493 e. The van der Waals surface area contributed by atoms with Gasteiger partial charge in [-0.2, -0.15) is 4.31 Å². The fourth-order valence-electron chi connectivity index (χ4n) is 3.20. The number of methoxy groups -OCH3 is 1. The second-order valence-electron chi connectivity index (χ2n) is 6.58. The van der Waals surface area contributed by atoms with Crippen LogP contribution in [0.15, 0.2) is 23.6 Å². The van der Waals surface area contributed by atoms with Gasteiger partial charge in [0.1, 0.15) is 17.7 Å². The molecule has 0 aliphatic carbocycles. The van der Waals surface area contributed by atoms with Crippen LogP contribution in [0.2, 0.25) is 0 Å². The van der Waals surface area contributed by atoms with Crippen molar-refractivity contribution >= 4 is 27.3 Å². The van der Waals surface area contributed by atoms with E-state index in [-0.39, 0.29) is 6.61 Å². The van der Waals surface area contributed by atoms with Crippen LogP contribution in [0.1, 0.15) is 25.5 Å². The zero-order valence-electron chi connectivity index (χ0n) is 16.6. The fourth-order valence-corrected chi connectivity index (χ4v) is 5.11. The van der Waals surface area contributed by atoms with Crippen molar-refractivity contribution in [1.29, 1.82) is 0 Å². The van der Waals surface area contributed by atoms with Crippen LogP contribution in [-0.2, 0) is 26.2 Å². The third-order valence-electron chi connectivity index (χ3n) is 4.53. The van der Waals surface area contributed by atoms with E-state index < -0.39 is 22.0 Å². The quantitative estimate of drug-likeness (QED) is 0.583. The molecule has 29 heavy (non-hydrogen) atoms. The molecule has 0 unspecified atom stereocenters. The Kier molecular flexibility index (Phi) is 6.76. The molecule has 3 rings (SSSR count). The molecule has 0 amide bonds. The number of thiazole rings is 1. The first-order valence-corrected chi connectivity index (χ1v) is 11.9. The Balaban J connectivity index is 1.66. The summed E-state index contributed by atoms with van der Waals surface area (Å²) in [6.45, 7) is 2.79. The van der Waals surface area contributed by atoms with E-state index in [9.17, 15) is 13.2 Å². The van der Waals surface area contributed by atoms with Gasteiger partial charge in [-0.05, 0) is 38.0 Å². The Morgan fingerprint density at radius 3 is 2.83 bits per heavy atom. The van der Waals surface area contributed by atoms with E-state index in [1.54, 1.807) is 7.11 Å². The lowest BCUT2D eigenvalue weighted by Gasteiger charge is -2.20. The van der Waals surface area contributed by atoms with Crippen LogP contribution >= 0.6 is 11.3 Å². The van der Waals surface area contributed by atoms with Crippen molar-refractivity contribution in [2.45, 2.75) is 32.4 Å². The maximum Gasteiger partial charge on any atom is 0.324 e. The number of carbonyl (C=O) groups is 1. The van der Waals surface area contributed by atoms with Gasteiger partial charge in [-0.1, -0.05) is 0 Å². The number of rotatable bonds is 8. The van der Waals surface area contributed by atoms with Crippen molar-refractivity contribution < 1.29 is 27.4 Å². The summed E-state index contributed by atoms with van der Waals surface area (Å²) in [7, 11) is -1.85. The van der Waals surface area contributed by atoms with Crippen molar-refractivity contribution in [3.8, 4) is 22.1 Å². The molecule has 1 saturated heterocycles. The molecule has 1 fully saturated rings. The van der Waals surface area contributed by atoms with Crippen LogP contribution in [0.3, 0.4) is 0 Å². The number of hydrogen-bond acceptors (Lipinski definition) is 8. The second kappa shape index (κ2) is 9.10. The molecule has 0 saturated carbocycles. The summed E-state index contributed by atoms with van der Waals surface area (Å²) in [5, 5.41) is 2.57. The molecular weight excluding hydrogens is 416 g/mol. The molecule has 2 aromatic rings. The predicted molar refractivity (Wildman–Crippen MR) is 110 cm³/mol. The number of nitrogens with zero attached hydrogens (tertiary/aromatic N) is 2. The SMILES string of the molecule is CCOc1ccc(-c2nc(COC(=O)[C@H]3CCCN3S(C)(=O)=O)cs2)cc1OC. The Hall–Kier alpha value is -2.17. The van der Waals surface area contributed by atoms with E-state index in [1.807, 2.05) is 30.5 Å². The first kappa shape index (κ1) is 21.5. The van der Waals surface area contributed by atoms with E-state index in [0.717, 1.165) is 16.8 Å². The van der Waals surface area contributed by atoms with Crippen molar-refractivity contribution in [3.05, 3.63) is 29.3 Å². The van der Waals surface area contributed by atoms with Crippen LogP contribution in [-0.4, -0.2) is 56.2 Å². The maximum atomic E-state index is 12.4. The molecule has 158 valence electrons. The van der Waals surface area contributed by atoms with Crippen molar-refractivity contribution in [2.75, 3.05) is 26.5 Å². The Bertz CT molecular complexity index is 973. The standard InChI is InChI=1S/C19H24N2O6S2/c1-4-26-16-8-7-13(10-17(16)25-2)18-20-14(12-28-18)11-27-19(22)15-6-5-9-21(15)29(3,23)24/h7-8,10,12,15H,4-6,9,11H2,1-3H3/t15-/m1/s1. The van der Waals surface area contributed by atoms with E-state index in [1.165, 1.54) is 15.6 Å². The van der Waals surface area contributed by atoms with Gasteiger partial charge in [-0.25, -0.2) is 13.4 Å². The second-order valence-corrected chi connectivity index (χ2v) is 9.38. The first-order valence-electron chi connectivity index (χ1n) is 9.22. The lowest BCUT2D eigenvalue weighted by atomic mass is 10.2.